The monoisotopic (exact) mass is 516 g/mol. The highest BCUT2D eigenvalue weighted by atomic mass is 19.1. The van der Waals surface area contributed by atoms with E-state index in [4.69, 9.17) is 0 Å². The highest BCUT2D eigenvalue weighted by molar-refractivity contribution is 6.08. The number of aryl methyl sites for hydroxylation is 1. The molecule has 38 heavy (non-hydrogen) atoms. The van der Waals surface area contributed by atoms with E-state index >= 15 is 0 Å². The van der Waals surface area contributed by atoms with Gasteiger partial charge < -0.3 is 14.3 Å². The fourth-order valence-corrected chi connectivity index (χ4v) is 6.29. The number of fused-ring (bicyclic) bond motifs is 1. The molecule has 10 heteroatoms. The molecule has 1 saturated carbocycles. The standard InChI is InChI=1S/C28H33FN8O/c1-18-10-28(11-18,27-34-32-17-35(27)3)20-9-21(13-30-12-20)33-26(38)23-5-4-7-37-22(14-31-25(23)37)16-36-8-6-24(29)19(2)15-36/h4-5,7,9,12-14,17-19,24H,6,8,10-11,15-16H2,1-3H3,(H,33,38)/t18?,19-,24+,28?/m1/s1. The molecule has 4 aromatic rings. The molecule has 1 aliphatic heterocycles. The van der Waals surface area contributed by atoms with Gasteiger partial charge >= 0.3 is 0 Å². The van der Waals surface area contributed by atoms with Crippen LogP contribution in [0.3, 0.4) is 0 Å². The van der Waals surface area contributed by atoms with Gasteiger partial charge in [0, 0.05) is 45.0 Å². The third kappa shape index (κ3) is 4.26. The van der Waals surface area contributed by atoms with Crippen LogP contribution in [0.4, 0.5) is 10.1 Å². The molecule has 1 amide bonds. The number of carbonyl (C=O) groups is 1. The van der Waals surface area contributed by atoms with E-state index in [1.54, 1.807) is 18.6 Å². The number of nitrogens with one attached hydrogen (secondary N) is 1. The zero-order valence-electron chi connectivity index (χ0n) is 22.0. The molecule has 9 nitrogen and oxygen atoms in total. The zero-order valence-corrected chi connectivity index (χ0v) is 22.0. The van der Waals surface area contributed by atoms with Gasteiger partial charge in [0.05, 0.1) is 34.8 Å². The van der Waals surface area contributed by atoms with Crippen molar-refractivity contribution in [1.29, 1.82) is 0 Å². The molecular formula is C28H33FN8O. The molecule has 5 heterocycles. The number of rotatable bonds is 6. The van der Waals surface area contributed by atoms with E-state index < -0.39 is 6.17 Å². The van der Waals surface area contributed by atoms with Crippen molar-refractivity contribution in [3.63, 3.8) is 0 Å². The van der Waals surface area contributed by atoms with Crippen molar-refractivity contribution >= 4 is 17.2 Å². The number of amides is 1. The minimum atomic E-state index is -0.736. The van der Waals surface area contributed by atoms with Gasteiger partial charge in [0.2, 0.25) is 0 Å². The summed E-state index contributed by atoms with van der Waals surface area (Å²) in [6.07, 6.45) is 10.7. The van der Waals surface area contributed by atoms with Crippen molar-refractivity contribution in [1.82, 2.24) is 34.0 Å². The Hall–Kier alpha value is -3.66. The normalized spacial score (nSPS) is 25.8. The molecule has 1 saturated heterocycles. The average molecular weight is 517 g/mol. The van der Waals surface area contributed by atoms with E-state index in [9.17, 15) is 9.18 Å². The molecule has 6 rings (SSSR count). The van der Waals surface area contributed by atoms with E-state index in [1.165, 1.54) is 0 Å². The minimum Gasteiger partial charge on any atom is -0.320 e. The third-order valence-corrected chi connectivity index (χ3v) is 8.21. The summed E-state index contributed by atoms with van der Waals surface area (Å²) >= 11 is 0. The van der Waals surface area contributed by atoms with Gasteiger partial charge in [0.25, 0.3) is 5.91 Å². The Bertz CT molecular complexity index is 1470. The van der Waals surface area contributed by atoms with E-state index in [-0.39, 0.29) is 17.2 Å². The lowest BCUT2D eigenvalue weighted by Crippen LogP contribution is -2.43. The summed E-state index contributed by atoms with van der Waals surface area (Å²) in [6.45, 7) is 6.29. The van der Waals surface area contributed by atoms with Crippen LogP contribution in [0.25, 0.3) is 5.65 Å². The van der Waals surface area contributed by atoms with Crippen LogP contribution in [-0.4, -0.2) is 59.2 Å². The van der Waals surface area contributed by atoms with Gasteiger partial charge in [-0.15, -0.1) is 10.2 Å². The quantitative estimate of drug-likeness (QED) is 0.416. The lowest BCUT2D eigenvalue weighted by molar-refractivity contribution is 0.0916. The van der Waals surface area contributed by atoms with Crippen LogP contribution in [0.2, 0.25) is 0 Å². The van der Waals surface area contributed by atoms with Crippen molar-refractivity contribution < 1.29 is 9.18 Å². The molecular weight excluding hydrogens is 483 g/mol. The summed E-state index contributed by atoms with van der Waals surface area (Å²) in [5, 5.41) is 11.5. The van der Waals surface area contributed by atoms with Gasteiger partial charge in [-0.1, -0.05) is 13.8 Å². The SMILES string of the molecule is CC1CC(c2cncc(NC(=O)c3cccn4c(CN5CC[C@H](F)[C@H](C)C5)cnc34)c2)(c2nncn2C)C1. The molecule has 4 aromatic heterocycles. The van der Waals surface area contributed by atoms with Gasteiger partial charge in [-0.25, -0.2) is 9.37 Å². The highest BCUT2D eigenvalue weighted by Gasteiger charge is 2.48. The number of hydrogen-bond donors (Lipinski definition) is 1. The van der Waals surface area contributed by atoms with Gasteiger partial charge in [-0.2, -0.15) is 0 Å². The predicted octanol–water partition coefficient (Wildman–Crippen LogP) is 4.01. The van der Waals surface area contributed by atoms with Crippen LogP contribution < -0.4 is 5.32 Å². The van der Waals surface area contributed by atoms with Crippen LogP contribution in [-0.2, 0) is 19.0 Å². The summed E-state index contributed by atoms with van der Waals surface area (Å²) in [5.74, 6) is 1.27. The third-order valence-electron chi connectivity index (χ3n) is 8.21. The number of alkyl halides is 1. The van der Waals surface area contributed by atoms with E-state index in [2.05, 4.69) is 37.3 Å². The molecule has 0 radical (unpaired) electrons. The molecule has 198 valence electrons. The second kappa shape index (κ2) is 9.58. The van der Waals surface area contributed by atoms with Gasteiger partial charge in [-0.3, -0.25) is 14.7 Å². The average Bonchev–Trinajstić information content (AvgIpc) is 3.50. The number of piperidine rings is 1. The number of likely N-dealkylation sites (tertiary alicyclic amines) is 1. The number of hydrogen-bond acceptors (Lipinski definition) is 6. The van der Waals surface area contributed by atoms with E-state index in [0.29, 0.717) is 42.3 Å². The zero-order chi connectivity index (χ0) is 26.4. The first-order chi connectivity index (χ1) is 18.3. The first-order valence-electron chi connectivity index (χ1n) is 13.3. The van der Waals surface area contributed by atoms with Crippen LogP contribution in [0.15, 0.2) is 49.3 Å². The van der Waals surface area contributed by atoms with Crippen LogP contribution in [0.5, 0.6) is 0 Å². The number of imidazole rings is 1. The molecule has 2 fully saturated rings. The van der Waals surface area contributed by atoms with Crippen molar-refractivity contribution in [2.45, 2.75) is 51.2 Å². The fraction of sp³-hybridized carbons (Fsp3) is 0.464. The Morgan fingerprint density at radius 3 is 2.82 bits per heavy atom. The number of halogens is 1. The number of anilines is 1. The van der Waals surface area contributed by atoms with Crippen LogP contribution in [0.1, 0.15) is 60.5 Å². The molecule has 1 N–H and O–H groups in total. The predicted molar refractivity (Wildman–Crippen MR) is 142 cm³/mol. The molecule has 0 spiro atoms. The van der Waals surface area contributed by atoms with Gasteiger partial charge in [0.15, 0.2) is 0 Å². The first kappa shape index (κ1) is 24.7. The summed E-state index contributed by atoms with van der Waals surface area (Å²) in [4.78, 5) is 24.7. The van der Waals surface area contributed by atoms with Crippen LogP contribution >= 0.6 is 0 Å². The highest BCUT2D eigenvalue weighted by Crippen LogP contribution is 2.51. The Balaban J connectivity index is 1.23. The maximum Gasteiger partial charge on any atom is 0.259 e. The lowest BCUT2D eigenvalue weighted by Gasteiger charge is -2.45. The summed E-state index contributed by atoms with van der Waals surface area (Å²) < 4.78 is 17.8. The molecule has 0 unspecified atom stereocenters. The Kier molecular flexibility index (Phi) is 6.22. The Labute approximate surface area is 221 Å². The molecule has 0 bridgehead atoms. The molecule has 2 atom stereocenters. The molecule has 1 aliphatic carbocycles. The van der Waals surface area contributed by atoms with E-state index in [0.717, 1.165) is 36.5 Å². The summed E-state index contributed by atoms with van der Waals surface area (Å²) in [6, 6.07) is 5.64. The second-order valence-electron chi connectivity index (χ2n) is 11.2. The fourth-order valence-electron chi connectivity index (χ4n) is 6.29. The lowest BCUT2D eigenvalue weighted by atomic mass is 9.59. The maximum absolute atomic E-state index is 13.9. The Morgan fingerprint density at radius 1 is 1.24 bits per heavy atom. The van der Waals surface area contributed by atoms with Gasteiger partial charge in [0.1, 0.15) is 24.0 Å². The van der Waals surface area contributed by atoms with Gasteiger partial charge in [-0.05, 0) is 48.9 Å². The minimum absolute atomic E-state index is 0.0181. The van der Waals surface area contributed by atoms with E-state index in [1.807, 2.05) is 53.7 Å². The first-order valence-corrected chi connectivity index (χ1v) is 13.3. The molecule has 2 aliphatic rings. The summed E-state index contributed by atoms with van der Waals surface area (Å²) in [5.41, 5.74) is 3.46. The molecule has 0 aromatic carbocycles. The van der Waals surface area contributed by atoms with Crippen molar-refractivity contribution in [2.24, 2.45) is 18.9 Å². The largest absolute Gasteiger partial charge is 0.320 e. The van der Waals surface area contributed by atoms with Crippen molar-refractivity contribution in [3.05, 3.63) is 72.0 Å². The number of pyridine rings is 2. The van der Waals surface area contributed by atoms with Crippen molar-refractivity contribution in [3.8, 4) is 0 Å². The maximum atomic E-state index is 13.9. The Morgan fingerprint density at radius 2 is 2.08 bits per heavy atom. The number of aromatic nitrogens is 6. The topological polar surface area (TPSA) is 93.2 Å². The summed E-state index contributed by atoms with van der Waals surface area (Å²) in [7, 11) is 1.96. The smallest absolute Gasteiger partial charge is 0.259 e. The van der Waals surface area contributed by atoms with Crippen LogP contribution in [0, 0.1) is 11.8 Å². The number of carbonyl (C=O) groups excluding carboxylic acids is 1. The van der Waals surface area contributed by atoms with Crippen molar-refractivity contribution in [2.75, 3.05) is 18.4 Å². The number of nitrogens with zero attached hydrogens (tertiary/aromatic N) is 7. The second-order valence-corrected chi connectivity index (χ2v) is 11.2.